The Kier molecular flexibility index (Phi) is 8.20. The SMILES string of the molecule is O=C(O)CCCc1ncc[nH]1.O=CCCCc1ncc[nH]1. The second-order valence-electron chi connectivity index (χ2n) is 4.38. The second-order valence-corrected chi connectivity index (χ2v) is 4.38. The summed E-state index contributed by atoms with van der Waals surface area (Å²) in [5.74, 6) is 1.06. The van der Waals surface area contributed by atoms with Crippen molar-refractivity contribution in [3.05, 3.63) is 36.4 Å². The molecule has 2 rings (SSSR count). The molecule has 2 aromatic heterocycles. The first-order valence-electron chi connectivity index (χ1n) is 6.84. The van der Waals surface area contributed by atoms with Gasteiger partial charge in [0.15, 0.2) is 0 Å². The fourth-order valence-corrected chi connectivity index (χ4v) is 1.63. The summed E-state index contributed by atoms with van der Waals surface area (Å²) < 4.78 is 0. The lowest BCUT2D eigenvalue weighted by Crippen LogP contribution is -1.96. The molecule has 0 aliphatic rings. The van der Waals surface area contributed by atoms with Gasteiger partial charge in [0.1, 0.15) is 17.9 Å². The van der Waals surface area contributed by atoms with Gasteiger partial charge in [-0.3, -0.25) is 4.79 Å². The summed E-state index contributed by atoms with van der Waals surface area (Å²) in [5.41, 5.74) is 0. The topological polar surface area (TPSA) is 112 Å². The predicted octanol–water partition coefficient (Wildman–Crippen LogP) is 1.75. The van der Waals surface area contributed by atoms with E-state index in [9.17, 15) is 9.59 Å². The van der Waals surface area contributed by atoms with Crippen LogP contribution in [0.2, 0.25) is 0 Å². The number of carbonyl (C=O) groups excluding carboxylic acids is 1. The molecule has 0 saturated heterocycles. The van der Waals surface area contributed by atoms with Gasteiger partial charge in [0.05, 0.1) is 0 Å². The van der Waals surface area contributed by atoms with Crippen LogP contribution in [0.3, 0.4) is 0 Å². The number of rotatable bonds is 8. The fourth-order valence-electron chi connectivity index (χ4n) is 1.63. The molecule has 0 unspecified atom stereocenters. The van der Waals surface area contributed by atoms with Gasteiger partial charge in [0, 0.05) is 50.5 Å². The van der Waals surface area contributed by atoms with Crippen LogP contribution in [-0.4, -0.2) is 37.3 Å². The molecule has 0 aliphatic carbocycles. The Balaban J connectivity index is 0.000000211. The van der Waals surface area contributed by atoms with Crippen LogP contribution in [0.15, 0.2) is 24.8 Å². The summed E-state index contributed by atoms with van der Waals surface area (Å²) >= 11 is 0. The van der Waals surface area contributed by atoms with Crippen molar-refractivity contribution in [1.82, 2.24) is 19.9 Å². The van der Waals surface area contributed by atoms with Crippen molar-refractivity contribution >= 4 is 12.3 Å². The third-order valence-electron chi connectivity index (χ3n) is 2.65. The summed E-state index contributed by atoms with van der Waals surface area (Å²) in [6, 6.07) is 0. The molecule has 0 fully saturated rings. The van der Waals surface area contributed by atoms with E-state index in [0.717, 1.165) is 30.8 Å². The second kappa shape index (κ2) is 10.4. The van der Waals surface area contributed by atoms with Crippen molar-refractivity contribution in [2.24, 2.45) is 0 Å². The van der Waals surface area contributed by atoms with Crippen molar-refractivity contribution in [3.63, 3.8) is 0 Å². The lowest BCUT2D eigenvalue weighted by Gasteiger charge is -1.92. The minimum atomic E-state index is -0.753. The van der Waals surface area contributed by atoms with Crippen LogP contribution in [-0.2, 0) is 22.4 Å². The quantitative estimate of drug-likeness (QED) is 0.507. The van der Waals surface area contributed by atoms with Crippen LogP contribution in [0, 0.1) is 0 Å². The number of aryl methyl sites for hydroxylation is 2. The average molecular weight is 292 g/mol. The van der Waals surface area contributed by atoms with Gasteiger partial charge in [-0.25, -0.2) is 9.97 Å². The van der Waals surface area contributed by atoms with Crippen molar-refractivity contribution in [2.75, 3.05) is 0 Å². The molecule has 2 aromatic rings. The molecule has 0 amide bonds. The van der Waals surface area contributed by atoms with E-state index in [-0.39, 0.29) is 6.42 Å². The number of nitrogens with one attached hydrogen (secondary N) is 2. The molecule has 114 valence electrons. The molecule has 0 aliphatic heterocycles. The largest absolute Gasteiger partial charge is 0.481 e. The van der Waals surface area contributed by atoms with Gasteiger partial charge in [-0.05, 0) is 12.8 Å². The van der Waals surface area contributed by atoms with Crippen molar-refractivity contribution < 1.29 is 14.7 Å². The van der Waals surface area contributed by atoms with Crippen molar-refractivity contribution in [2.45, 2.75) is 38.5 Å². The summed E-state index contributed by atoms with van der Waals surface area (Å²) in [4.78, 5) is 33.9. The number of carboxylic acids is 1. The van der Waals surface area contributed by atoms with E-state index in [1.54, 1.807) is 24.8 Å². The maximum Gasteiger partial charge on any atom is 0.303 e. The highest BCUT2D eigenvalue weighted by molar-refractivity contribution is 5.66. The third-order valence-corrected chi connectivity index (χ3v) is 2.65. The van der Waals surface area contributed by atoms with Crippen LogP contribution in [0.25, 0.3) is 0 Å². The molecule has 7 nitrogen and oxygen atoms in total. The van der Waals surface area contributed by atoms with Crippen LogP contribution >= 0.6 is 0 Å². The first kappa shape index (κ1) is 16.6. The number of hydrogen-bond acceptors (Lipinski definition) is 4. The molecule has 7 heteroatoms. The molecule has 2 heterocycles. The number of aromatic amines is 2. The van der Waals surface area contributed by atoms with Gasteiger partial charge >= 0.3 is 5.97 Å². The van der Waals surface area contributed by atoms with Gasteiger partial charge in [-0.1, -0.05) is 0 Å². The number of aromatic nitrogens is 4. The molecule has 0 spiro atoms. The van der Waals surface area contributed by atoms with E-state index in [0.29, 0.717) is 19.3 Å². The van der Waals surface area contributed by atoms with E-state index in [1.165, 1.54) is 0 Å². The Morgan fingerprint density at radius 2 is 1.67 bits per heavy atom. The molecule has 0 saturated carbocycles. The van der Waals surface area contributed by atoms with Crippen LogP contribution in [0.4, 0.5) is 0 Å². The Morgan fingerprint density at radius 3 is 2.10 bits per heavy atom. The number of aldehydes is 1. The molecular formula is C14H20N4O3. The standard InChI is InChI=1S/C7H10N2O2.C7H10N2O/c10-7(11)3-1-2-6-8-4-5-9-6;10-6-2-1-3-7-8-4-5-9-7/h4-5H,1-3H2,(H,8,9)(H,10,11);4-6H,1-3H2,(H,8,9). The maximum absolute atomic E-state index is 10.1. The van der Waals surface area contributed by atoms with Crippen molar-refractivity contribution in [1.29, 1.82) is 0 Å². The molecule has 0 atom stereocenters. The summed E-state index contributed by atoms with van der Waals surface area (Å²) in [6.07, 6.45) is 11.8. The highest BCUT2D eigenvalue weighted by atomic mass is 16.4. The molecular weight excluding hydrogens is 272 g/mol. The normalized spacial score (nSPS) is 9.71. The molecule has 0 aromatic carbocycles. The number of aliphatic carboxylic acids is 1. The van der Waals surface area contributed by atoms with Crippen LogP contribution in [0.5, 0.6) is 0 Å². The van der Waals surface area contributed by atoms with E-state index in [4.69, 9.17) is 5.11 Å². The van der Waals surface area contributed by atoms with Gasteiger partial charge in [-0.15, -0.1) is 0 Å². The lowest BCUT2D eigenvalue weighted by molar-refractivity contribution is -0.137. The minimum absolute atomic E-state index is 0.209. The number of unbranched alkanes of at least 4 members (excludes halogenated alkanes) is 1. The molecule has 3 N–H and O–H groups in total. The highest BCUT2D eigenvalue weighted by Crippen LogP contribution is 1.98. The number of carboxylic acid groups (broad SMARTS) is 1. The van der Waals surface area contributed by atoms with Gasteiger partial charge < -0.3 is 19.9 Å². The Morgan fingerprint density at radius 1 is 1.10 bits per heavy atom. The molecule has 21 heavy (non-hydrogen) atoms. The maximum atomic E-state index is 10.1. The summed E-state index contributed by atoms with van der Waals surface area (Å²) in [5, 5.41) is 8.31. The smallest absolute Gasteiger partial charge is 0.303 e. The summed E-state index contributed by atoms with van der Waals surface area (Å²) in [6.45, 7) is 0. The van der Waals surface area contributed by atoms with E-state index < -0.39 is 5.97 Å². The zero-order valence-electron chi connectivity index (χ0n) is 11.8. The Bertz CT molecular complexity index is 494. The Hall–Kier alpha value is -2.44. The van der Waals surface area contributed by atoms with Crippen molar-refractivity contribution in [3.8, 4) is 0 Å². The van der Waals surface area contributed by atoms with Crippen LogP contribution < -0.4 is 0 Å². The van der Waals surface area contributed by atoms with E-state index >= 15 is 0 Å². The predicted molar refractivity (Wildman–Crippen MR) is 76.8 cm³/mol. The number of imidazole rings is 2. The van der Waals surface area contributed by atoms with Crippen LogP contribution in [0.1, 0.15) is 37.3 Å². The average Bonchev–Trinajstić information content (AvgIpc) is 3.12. The lowest BCUT2D eigenvalue weighted by atomic mass is 10.2. The number of hydrogen-bond donors (Lipinski definition) is 3. The molecule has 0 bridgehead atoms. The van der Waals surface area contributed by atoms with Gasteiger partial charge in [0.25, 0.3) is 0 Å². The van der Waals surface area contributed by atoms with E-state index in [1.807, 2.05) is 0 Å². The highest BCUT2D eigenvalue weighted by Gasteiger charge is 1.98. The third kappa shape index (κ3) is 8.35. The van der Waals surface area contributed by atoms with E-state index in [2.05, 4.69) is 19.9 Å². The van der Waals surface area contributed by atoms with Gasteiger partial charge in [0.2, 0.25) is 0 Å². The number of carbonyl (C=O) groups is 2. The summed E-state index contributed by atoms with van der Waals surface area (Å²) in [7, 11) is 0. The number of H-pyrrole nitrogens is 2. The first-order chi connectivity index (χ1) is 10.2. The van der Waals surface area contributed by atoms with Gasteiger partial charge in [-0.2, -0.15) is 0 Å². The zero-order valence-corrected chi connectivity index (χ0v) is 11.8. The number of nitrogens with zero attached hydrogens (tertiary/aromatic N) is 2. The first-order valence-corrected chi connectivity index (χ1v) is 6.84. The minimum Gasteiger partial charge on any atom is -0.481 e. The fraction of sp³-hybridized carbons (Fsp3) is 0.429. The monoisotopic (exact) mass is 292 g/mol. The Labute approximate surface area is 122 Å². The molecule has 0 radical (unpaired) electrons. The zero-order chi connectivity index (χ0) is 15.3.